The van der Waals surface area contributed by atoms with Gasteiger partial charge in [0.15, 0.2) is 0 Å². The average molecular weight is 436 g/mol. The van der Waals surface area contributed by atoms with Crippen LogP contribution in [0.3, 0.4) is 0 Å². The lowest BCUT2D eigenvalue weighted by molar-refractivity contribution is -0.120. The zero-order valence-electron chi connectivity index (χ0n) is 14.9. The summed E-state index contributed by atoms with van der Waals surface area (Å²) in [5.74, 6) is -0.729. The number of carbonyl (C=O) groups is 2. The monoisotopic (exact) mass is 434 g/mol. The number of nitrogens with zero attached hydrogens (tertiary/aromatic N) is 2. The lowest BCUT2D eigenvalue weighted by atomic mass is 10.0. The van der Waals surface area contributed by atoms with E-state index in [0.29, 0.717) is 37.6 Å². The molecular formula is C21H17Cl3N2O2. The highest BCUT2D eigenvalue weighted by Crippen LogP contribution is 2.39. The van der Waals surface area contributed by atoms with Crippen molar-refractivity contribution in [2.45, 2.75) is 19.3 Å². The van der Waals surface area contributed by atoms with E-state index >= 15 is 0 Å². The molecule has 0 unspecified atom stereocenters. The molecular weight excluding hydrogens is 419 g/mol. The standard InChI is InChI=1S/C21H17Cl3N2O2/c22-13-4-7-15(8-5-13)26-20(27)18(16-9-6-14(23)12-17(16)24)19(21(26)28)25-10-2-1-3-11-25/h4-9,12H,1-3,10-11H2. The molecule has 0 aliphatic carbocycles. The van der Waals surface area contributed by atoms with Crippen molar-refractivity contribution in [1.29, 1.82) is 0 Å². The molecule has 7 heteroatoms. The average Bonchev–Trinajstić information content (AvgIpc) is 2.94. The molecule has 2 aromatic carbocycles. The van der Waals surface area contributed by atoms with E-state index in [2.05, 4.69) is 0 Å². The van der Waals surface area contributed by atoms with Gasteiger partial charge in [0.25, 0.3) is 11.8 Å². The number of hydrogen-bond donors (Lipinski definition) is 0. The molecule has 2 aromatic rings. The second kappa shape index (κ2) is 7.78. The van der Waals surface area contributed by atoms with Crippen molar-refractivity contribution >= 4 is 57.9 Å². The Hall–Kier alpha value is -2.01. The van der Waals surface area contributed by atoms with Crippen LogP contribution < -0.4 is 4.90 Å². The predicted molar refractivity (Wildman–Crippen MR) is 113 cm³/mol. The molecule has 28 heavy (non-hydrogen) atoms. The highest BCUT2D eigenvalue weighted by Gasteiger charge is 2.43. The normalized spacial score (nSPS) is 17.7. The maximum absolute atomic E-state index is 13.4. The van der Waals surface area contributed by atoms with Crippen LogP contribution in [-0.4, -0.2) is 29.8 Å². The zero-order chi connectivity index (χ0) is 19.8. The van der Waals surface area contributed by atoms with E-state index in [9.17, 15) is 9.59 Å². The van der Waals surface area contributed by atoms with Gasteiger partial charge in [0.05, 0.1) is 16.3 Å². The number of imide groups is 1. The van der Waals surface area contributed by atoms with Gasteiger partial charge in [-0.2, -0.15) is 0 Å². The topological polar surface area (TPSA) is 40.6 Å². The number of carbonyl (C=O) groups excluding carboxylic acids is 2. The summed E-state index contributed by atoms with van der Waals surface area (Å²) in [6.07, 6.45) is 3.07. The van der Waals surface area contributed by atoms with Crippen molar-refractivity contribution in [3.8, 4) is 0 Å². The van der Waals surface area contributed by atoms with Crippen LogP contribution in [0.1, 0.15) is 24.8 Å². The first-order valence-electron chi connectivity index (χ1n) is 9.06. The van der Waals surface area contributed by atoms with Crippen LogP contribution in [0, 0.1) is 0 Å². The number of likely N-dealkylation sites (tertiary alicyclic amines) is 1. The van der Waals surface area contributed by atoms with Gasteiger partial charge in [0, 0.05) is 28.7 Å². The molecule has 2 aliphatic heterocycles. The SMILES string of the molecule is O=C1C(c2ccc(Cl)cc2Cl)=C(N2CCCCC2)C(=O)N1c1ccc(Cl)cc1. The summed E-state index contributed by atoms with van der Waals surface area (Å²) in [7, 11) is 0. The van der Waals surface area contributed by atoms with Crippen molar-refractivity contribution in [2.75, 3.05) is 18.0 Å². The van der Waals surface area contributed by atoms with Gasteiger partial charge in [-0.25, -0.2) is 4.90 Å². The van der Waals surface area contributed by atoms with Crippen LogP contribution in [0.25, 0.3) is 5.57 Å². The zero-order valence-corrected chi connectivity index (χ0v) is 17.2. The van der Waals surface area contributed by atoms with E-state index in [-0.39, 0.29) is 5.91 Å². The van der Waals surface area contributed by atoms with Gasteiger partial charge in [-0.3, -0.25) is 9.59 Å². The third kappa shape index (κ3) is 3.41. The molecule has 0 aromatic heterocycles. The van der Waals surface area contributed by atoms with Gasteiger partial charge < -0.3 is 4.90 Å². The Balaban J connectivity index is 1.85. The Morgan fingerprint density at radius 2 is 1.39 bits per heavy atom. The minimum atomic E-state index is -0.392. The first kappa shape index (κ1) is 19.3. The van der Waals surface area contributed by atoms with Crippen LogP contribution in [0.2, 0.25) is 15.1 Å². The quantitative estimate of drug-likeness (QED) is 0.605. The highest BCUT2D eigenvalue weighted by molar-refractivity contribution is 6.47. The van der Waals surface area contributed by atoms with E-state index in [4.69, 9.17) is 34.8 Å². The molecule has 0 atom stereocenters. The molecule has 0 spiro atoms. The Morgan fingerprint density at radius 3 is 2.04 bits per heavy atom. The van der Waals surface area contributed by atoms with Crippen molar-refractivity contribution < 1.29 is 9.59 Å². The van der Waals surface area contributed by atoms with Gasteiger partial charge in [0.1, 0.15) is 5.70 Å². The highest BCUT2D eigenvalue weighted by atomic mass is 35.5. The fourth-order valence-corrected chi connectivity index (χ4v) is 4.32. The molecule has 0 saturated carbocycles. The van der Waals surface area contributed by atoms with Gasteiger partial charge in [0.2, 0.25) is 0 Å². The number of benzene rings is 2. The molecule has 1 fully saturated rings. The van der Waals surface area contributed by atoms with Crippen LogP contribution in [0.5, 0.6) is 0 Å². The van der Waals surface area contributed by atoms with Crippen LogP contribution >= 0.6 is 34.8 Å². The molecule has 1 saturated heterocycles. The maximum atomic E-state index is 13.4. The summed E-state index contributed by atoms with van der Waals surface area (Å²) in [4.78, 5) is 29.9. The molecule has 0 bridgehead atoms. The predicted octanol–water partition coefficient (Wildman–Crippen LogP) is 5.42. The largest absolute Gasteiger partial charge is 0.366 e. The Labute approximate surface area is 178 Å². The number of anilines is 1. The summed E-state index contributed by atoms with van der Waals surface area (Å²) in [6.45, 7) is 1.47. The number of hydrogen-bond acceptors (Lipinski definition) is 3. The fourth-order valence-electron chi connectivity index (χ4n) is 3.69. The van der Waals surface area contributed by atoms with Crippen LogP contribution in [-0.2, 0) is 9.59 Å². The summed E-state index contributed by atoms with van der Waals surface area (Å²) in [5, 5.41) is 1.35. The van der Waals surface area contributed by atoms with E-state index in [0.717, 1.165) is 32.4 Å². The summed E-state index contributed by atoms with van der Waals surface area (Å²) >= 11 is 18.4. The van der Waals surface area contributed by atoms with Gasteiger partial charge in [-0.15, -0.1) is 0 Å². The molecule has 4 nitrogen and oxygen atoms in total. The van der Waals surface area contributed by atoms with Crippen molar-refractivity contribution in [3.63, 3.8) is 0 Å². The third-order valence-corrected chi connectivity index (χ3v) is 5.82. The maximum Gasteiger partial charge on any atom is 0.282 e. The Morgan fingerprint density at radius 1 is 0.750 bits per heavy atom. The van der Waals surface area contributed by atoms with Crippen molar-refractivity contribution in [2.24, 2.45) is 0 Å². The van der Waals surface area contributed by atoms with Crippen molar-refractivity contribution in [3.05, 3.63) is 68.8 Å². The number of piperidine rings is 1. The van der Waals surface area contributed by atoms with E-state index < -0.39 is 5.91 Å². The molecule has 2 amide bonds. The molecule has 2 heterocycles. The van der Waals surface area contributed by atoms with Crippen LogP contribution in [0.4, 0.5) is 5.69 Å². The van der Waals surface area contributed by atoms with E-state index in [1.807, 2.05) is 4.90 Å². The lowest BCUT2D eigenvalue weighted by Gasteiger charge is -2.29. The Kier molecular flexibility index (Phi) is 5.37. The van der Waals surface area contributed by atoms with Crippen molar-refractivity contribution in [1.82, 2.24) is 4.90 Å². The number of amides is 2. The van der Waals surface area contributed by atoms with Gasteiger partial charge in [-0.05, 0) is 55.7 Å². The molecule has 2 aliphatic rings. The first-order chi connectivity index (χ1) is 13.5. The Bertz CT molecular complexity index is 980. The second-order valence-corrected chi connectivity index (χ2v) is 8.10. The van der Waals surface area contributed by atoms with E-state index in [1.54, 1.807) is 42.5 Å². The number of rotatable bonds is 3. The fraction of sp³-hybridized carbons (Fsp3) is 0.238. The molecule has 144 valence electrons. The van der Waals surface area contributed by atoms with Gasteiger partial charge >= 0.3 is 0 Å². The van der Waals surface area contributed by atoms with Crippen LogP contribution in [0.15, 0.2) is 48.2 Å². The first-order valence-corrected chi connectivity index (χ1v) is 10.2. The van der Waals surface area contributed by atoms with Gasteiger partial charge in [-0.1, -0.05) is 40.9 Å². The molecule has 4 rings (SSSR count). The summed E-state index contributed by atoms with van der Waals surface area (Å²) < 4.78 is 0. The minimum Gasteiger partial charge on any atom is -0.366 e. The molecule has 0 N–H and O–H groups in total. The lowest BCUT2D eigenvalue weighted by Crippen LogP contribution is -2.37. The summed E-state index contributed by atoms with van der Waals surface area (Å²) in [5.41, 5.74) is 1.72. The third-order valence-electron chi connectivity index (χ3n) is 5.02. The van der Waals surface area contributed by atoms with E-state index in [1.165, 1.54) is 4.90 Å². The summed E-state index contributed by atoms with van der Waals surface area (Å²) in [6, 6.07) is 11.6. The minimum absolute atomic E-state index is 0.323. The smallest absolute Gasteiger partial charge is 0.282 e. The number of halogens is 3. The second-order valence-electron chi connectivity index (χ2n) is 6.82. The molecule has 0 radical (unpaired) electrons.